The number of fused-ring (bicyclic) bond motifs is 4. The van der Waals surface area contributed by atoms with E-state index in [1.165, 1.54) is 30.1 Å². The van der Waals surface area contributed by atoms with Crippen LogP contribution in [0.25, 0.3) is 0 Å². The molecule has 2 heterocycles. The average Bonchev–Trinajstić information content (AvgIpc) is 3.24. The van der Waals surface area contributed by atoms with Gasteiger partial charge in [0.2, 0.25) is 11.8 Å². The summed E-state index contributed by atoms with van der Waals surface area (Å²) in [6.07, 6.45) is 2.21. The number of alkyl halides is 2. The van der Waals surface area contributed by atoms with Crippen LogP contribution in [0.1, 0.15) is 29.9 Å². The molecule has 0 aromatic heterocycles. The van der Waals surface area contributed by atoms with Gasteiger partial charge in [0.05, 0.1) is 11.8 Å². The number of phenols is 2. The Morgan fingerprint density at radius 1 is 0.975 bits per heavy atom. The van der Waals surface area contributed by atoms with E-state index >= 15 is 0 Å². The fourth-order valence-corrected chi connectivity index (χ4v) is 8.03. The van der Waals surface area contributed by atoms with E-state index < -0.39 is 62.7 Å². The van der Waals surface area contributed by atoms with Crippen LogP contribution in [-0.2, 0) is 25.6 Å². The molecule has 3 fully saturated rings. The van der Waals surface area contributed by atoms with Crippen LogP contribution < -0.4 is 0 Å². The molecule has 11 heteroatoms. The molecule has 0 spiro atoms. The van der Waals surface area contributed by atoms with E-state index in [0.29, 0.717) is 12.0 Å². The van der Waals surface area contributed by atoms with E-state index in [4.69, 9.17) is 23.2 Å². The molecule has 4 aliphatic rings. The van der Waals surface area contributed by atoms with Crippen LogP contribution in [0.15, 0.2) is 54.1 Å². The van der Waals surface area contributed by atoms with Gasteiger partial charge in [-0.3, -0.25) is 29.0 Å². The second kappa shape index (κ2) is 9.04. The monoisotopic (exact) mass is 586 g/mol. The van der Waals surface area contributed by atoms with E-state index in [9.17, 15) is 33.8 Å². The largest absolute Gasteiger partial charge is 0.508 e. The minimum absolute atomic E-state index is 0.109. The predicted molar refractivity (Wildman–Crippen MR) is 142 cm³/mol. The molecule has 2 aliphatic heterocycles. The Hall–Kier alpha value is -3.43. The standard InChI is InChI=1S/C29H25Cl2FN2O6/c1-33-26(39)28(30)13-19-17(23(29(28,31)27(33)40)15-4-9-21(36)20(32)12-15)7-8-18-22(19)25(38)34(24(18)37)11-10-14-2-5-16(35)6-3-14/h2-7,9,12,18-19,22-23,35-36H,8,10-11,13H2,1H3/t18-,19+,22-,23-,28+,29-/m0/s1. The van der Waals surface area contributed by atoms with Gasteiger partial charge in [0, 0.05) is 19.5 Å². The topological polar surface area (TPSA) is 115 Å². The van der Waals surface area contributed by atoms with E-state index in [1.54, 1.807) is 18.2 Å². The number of carbonyl (C=O) groups excluding carboxylic acids is 4. The molecule has 0 bridgehead atoms. The SMILES string of the molecule is CN1C(=O)[C@]2(Cl)C[C@@H]3C(=CC[C@@H]4C(=O)N(CCc5ccc(O)cc5)C(=O)[C@@H]43)[C@H](c3ccc(O)c(F)c3)[C@]2(Cl)C1=O. The summed E-state index contributed by atoms with van der Waals surface area (Å²) in [7, 11) is 1.28. The highest BCUT2D eigenvalue weighted by atomic mass is 35.5. The molecule has 0 radical (unpaired) electrons. The lowest BCUT2D eigenvalue weighted by Crippen LogP contribution is -2.60. The molecule has 8 nitrogen and oxygen atoms in total. The van der Waals surface area contributed by atoms with Crippen LogP contribution in [0.4, 0.5) is 4.39 Å². The van der Waals surface area contributed by atoms with E-state index in [-0.39, 0.29) is 36.6 Å². The van der Waals surface area contributed by atoms with Crippen molar-refractivity contribution < 1.29 is 33.8 Å². The number of halogens is 3. The van der Waals surface area contributed by atoms with Gasteiger partial charge in [0.15, 0.2) is 21.3 Å². The van der Waals surface area contributed by atoms with E-state index in [2.05, 4.69) is 0 Å². The summed E-state index contributed by atoms with van der Waals surface area (Å²) in [5.41, 5.74) is 1.61. The molecule has 2 saturated heterocycles. The zero-order valence-corrected chi connectivity index (χ0v) is 22.8. The maximum absolute atomic E-state index is 14.6. The summed E-state index contributed by atoms with van der Waals surface area (Å²) < 4.78 is 14.6. The number of nitrogens with zero attached hydrogens (tertiary/aromatic N) is 2. The van der Waals surface area contributed by atoms with Gasteiger partial charge in [0.1, 0.15) is 5.75 Å². The molecule has 6 atom stereocenters. The molecule has 40 heavy (non-hydrogen) atoms. The summed E-state index contributed by atoms with van der Waals surface area (Å²) in [5, 5.41) is 19.3. The third-order valence-electron chi connectivity index (χ3n) is 8.97. The number of carbonyl (C=O) groups is 4. The molecule has 2 aliphatic carbocycles. The number of phenolic OH excluding ortho intramolecular Hbond substituents is 2. The van der Waals surface area contributed by atoms with Crippen molar-refractivity contribution in [2.75, 3.05) is 13.6 Å². The lowest BCUT2D eigenvalue weighted by Gasteiger charge is -2.50. The van der Waals surface area contributed by atoms with Crippen molar-refractivity contribution >= 4 is 46.8 Å². The molecular weight excluding hydrogens is 562 g/mol. The van der Waals surface area contributed by atoms with E-state index in [0.717, 1.165) is 22.6 Å². The van der Waals surface area contributed by atoms with Crippen molar-refractivity contribution in [3.63, 3.8) is 0 Å². The highest BCUT2D eigenvalue weighted by Gasteiger charge is 2.75. The van der Waals surface area contributed by atoms with Crippen molar-refractivity contribution in [3.05, 3.63) is 71.1 Å². The number of hydrogen-bond acceptors (Lipinski definition) is 6. The molecule has 4 amide bonds. The Morgan fingerprint density at radius 3 is 2.35 bits per heavy atom. The maximum atomic E-state index is 14.6. The smallest absolute Gasteiger partial charge is 0.253 e. The fourth-order valence-electron chi connectivity index (χ4n) is 7.01. The van der Waals surface area contributed by atoms with Crippen LogP contribution in [0.2, 0.25) is 0 Å². The second-order valence-corrected chi connectivity index (χ2v) is 12.2. The summed E-state index contributed by atoms with van der Waals surface area (Å²) in [6, 6.07) is 10.1. The Morgan fingerprint density at radius 2 is 1.68 bits per heavy atom. The minimum atomic E-state index is -2.01. The molecule has 2 aromatic rings. The zero-order chi connectivity index (χ0) is 28.7. The molecule has 6 rings (SSSR count). The Kier molecular flexibility index (Phi) is 6.05. The molecule has 2 aromatic carbocycles. The maximum Gasteiger partial charge on any atom is 0.253 e. The van der Waals surface area contributed by atoms with Crippen LogP contribution >= 0.6 is 23.2 Å². The Balaban J connectivity index is 1.41. The number of rotatable bonds is 4. The third kappa shape index (κ3) is 3.50. The van der Waals surface area contributed by atoms with Crippen molar-refractivity contribution in [2.24, 2.45) is 17.8 Å². The molecule has 2 N–H and O–H groups in total. The number of benzene rings is 2. The average molecular weight is 587 g/mol. The fraction of sp³-hybridized carbons (Fsp3) is 0.379. The zero-order valence-electron chi connectivity index (χ0n) is 21.3. The highest BCUT2D eigenvalue weighted by Crippen LogP contribution is 2.65. The molecular formula is C29H25Cl2FN2O6. The number of amides is 4. The predicted octanol–water partition coefficient (Wildman–Crippen LogP) is 3.47. The number of hydrogen-bond donors (Lipinski definition) is 2. The minimum Gasteiger partial charge on any atom is -0.508 e. The van der Waals surface area contributed by atoms with Crippen LogP contribution in [-0.4, -0.2) is 67.0 Å². The summed E-state index contributed by atoms with van der Waals surface area (Å²) in [6.45, 7) is 0.135. The van der Waals surface area contributed by atoms with Crippen molar-refractivity contribution in [1.82, 2.24) is 9.80 Å². The van der Waals surface area contributed by atoms with Gasteiger partial charge in [0.25, 0.3) is 11.8 Å². The van der Waals surface area contributed by atoms with Gasteiger partial charge in [-0.2, -0.15) is 0 Å². The lowest BCUT2D eigenvalue weighted by atomic mass is 9.56. The number of aromatic hydroxyl groups is 2. The number of allylic oxidation sites excluding steroid dienone is 2. The van der Waals surface area contributed by atoms with Crippen molar-refractivity contribution in [2.45, 2.75) is 34.9 Å². The van der Waals surface area contributed by atoms with E-state index in [1.807, 2.05) is 0 Å². The third-order valence-corrected chi connectivity index (χ3v) is 10.4. The van der Waals surface area contributed by atoms with Gasteiger partial charge in [-0.15, -0.1) is 23.2 Å². The van der Waals surface area contributed by atoms with Crippen LogP contribution in [0.3, 0.4) is 0 Å². The summed E-state index contributed by atoms with van der Waals surface area (Å²) in [4.78, 5) is 52.3. The summed E-state index contributed by atoms with van der Waals surface area (Å²) >= 11 is 14.1. The van der Waals surface area contributed by atoms with Crippen molar-refractivity contribution in [1.29, 1.82) is 0 Å². The first kappa shape index (κ1) is 26.8. The van der Waals surface area contributed by atoms with Gasteiger partial charge < -0.3 is 10.2 Å². The van der Waals surface area contributed by atoms with Gasteiger partial charge in [-0.25, -0.2) is 4.39 Å². The highest BCUT2D eigenvalue weighted by molar-refractivity contribution is 6.53. The van der Waals surface area contributed by atoms with Crippen molar-refractivity contribution in [3.8, 4) is 11.5 Å². The quantitative estimate of drug-likeness (QED) is 0.322. The Bertz CT molecular complexity index is 1510. The first-order chi connectivity index (χ1) is 18.9. The van der Waals surface area contributed by atoms with Gasteiger partial charge >= 0.3 is 0 Å². The number of likely N-dealkylation sites (tertiary alicyclic amines) is 2. The molecule has 208 valence electrons. The van der Waals surface area contributed by atoms with Gasteiger partial charge in [-0.1, -0.05) is 29.8 Å². The first-order valence-corrected chi connectivity index (χ1v) is 13.7. The van der Waals surface area contributed by atoms with Gasteiger partial charge in [-0.05, 0) is 60.6 Å². The summed E-state index contributed by atoms with van der Waals surface area (Å²) in [5.74, 6) is -6.90. The molecule has 1 saturated carbocycles. The van der Waals surface area contributed by atoms with Crippen LogP contribution in [0.5, 0.6) is 11.5 Å². The molecule has 0 unspecified atom stereocenters. The lowest BCUT2D eigenvalue weighted by molar-refractivity contribution is -0.141. The normalized spacial score (nSPS) is 33.1. The number of imide groups is 2. The van der Waals surface area contributed by atoms with Crippen LogP contribution in [0, 0.1) is 23.6 Å². The second-order valence-electron chi connectivity index (χ2n) is 11.0. The Labute approximate surface area is 239 Å². The first-order valence-electron chi connectivity index (χ1n) is 12.9.